The zero-order valence-electron chi connectivity index (χ0n) is 16.7. The van der Waals surface area contributed by atoms with E-state index in [1.807, 2.05) is 24.8 Å². The largest absolute Gasteiger partial charge is 0.325 e. The maximum Gasteiger partial charge on any atom is 0.258 e. The fourth-order valence-electron chi connectivity index (χ4n) is 3.13. The summed E-state index contributed by atoms with van der Waals surface area (Å²) in [7, 11) is 0. The van der Waals surface area contributed by atoms with E-state index < -0.39 is 6.04 Å². The molecule has 2 aromatic carbocycles. The number of carbonyl (C=O) groups excluding carboxylic acids is 2. The van der Waals surface area contributed by atoms with E-state index in [2.05, 4.69) is 15.3 Å². The Morgan fingerprint density at radius 3 is 2.48 bits per heavy atom. The first-order valence-corrected chi connectivity index (χ1v) is 9.53. The fraction of sp³-hybridized carbons (Fsp3) is 0.273. The molecule has 1 amide bonds. The third-order valence-corrected chi connectivity index (χ3v) is 4.91. The van der Waals surface area contributed by atoms with Gasteiger partial charge < -0.3 is 10.3 Å². The Hall–Kier alpha value is -3.32. The van der Waals surface area contributed by atoms with Crippen LogP contribution >= 0.6 is 0 Å². The lowest BCUT2D eigenvalue weighted by Gasteiger charge is -2.26. The maximum absolute atomic E-state index is 12.7. The first-order chi connectivity index (χ1) is 13.9. The molecule has 1 unspecified atom stereocenters. The zero-order chi connectivity index (χ0) is 21.0. The van der Waals surface area contributed by atoms with Gasteiger partial charge in [-0.2, -0.15) is 0 Å². The van der Waals surface area contributed by atoms with Crippen molar-refractivity contribution in [2.24, 2.45) is 0 Å². The van der Waals surface area contributed by atoms with Crippen molar-refractivity contribution in [1.82, 2.24) is 14.9 Å². The Kier molecular flexibility index (Phi) is 6.19. The van der Waals surface area contributed by atoms with Crippen LogP contribution in [-0.2, 0) is 11.3 Å². The lowest BCUT2D eigenvalue weighted by Crippen LogP contribution is -2.42. The summed E-state index contributed by atoms with van der Waals surface area (Å²) < 4.78 is 0. The minimum absolute atomic E-state index is 0.0229. The Morgan fingerprint density at radius 2 is 1.83 bits per heavy atom. The predicted octanol–water partition coefficient (Wildman–Crippen LogP) is 2.97. The molecule has 2 N–H and O–H groups in total. The number of anilines is 1. The zero-order valence-corrected chi connectivity index (χ0v) is 16.7. The second-order valence-corrected chi connectivity index (χ2v) is 6.89. The number of benzene rings is 2. The second kappa shape index (κ2) is 8.79. The van der Waals surface area contributed by atoms with E-state index >= 15 is 0 Å². The highest BCUT2D eigenvalue weighted by molar-refractivity contribution is 5.97. The van der Waals surface area contributed by atoms with Crippen LogP contribution < -0.4 is 10.9 Å². The molecule has 0 aliphatic rings. The number of likely N-dealkylation sites (N-methyl/N-ethyl adjacent to an activating group) is 1. The molecule has 3 rings (SSSR count). The quantitative estimate of drug-likeness (QED) is 0.603. The van der Waals surface area contributed by atoms with Crippen molar-refractivity contribution in [1.29, 1.82) is 0 Å². The third-order valence-electron chi connectivity index (χ3n) is 4.91. The summed E-state index contributed by atoms with van der Waals surface area (Å²) in [5, 5.41) is 3.41. The minimum Gasteiger partial charge on any atom is -0.325 e. The molecule has 3 aromatic rings. The van der Waals surface area contributed by atoms with Crippen LogP contribution in [0.3, 0.4) is 0 Å². The van der Waals surface area contributed by atoms with Gasteiger partial charge in [0.05, 0.1) is 23.5 Å². The molecule has 0 aliphatic heterocycles. The topological polar surface area (TPSA) is 95.2 Å². The molecule has 29 heavy (non-hydrogen) atoms. The highest BCUT2D eigenvalue weighted by Crippen LogP contribution is 2.13. The van der Waals surface area contributed by atoms with Gasteiger partial charge in [0.1, 0.15) is 5.82 Å². The van der Waals surface area contributed by atoms with Crippen molar-refractivity contribution < 1.29 is 9.59 Å². The average molecular weight is 392 g/mol. The van der Waals surface area contributed by atoms with Crippen molar-refractivity contribution in [2.45, 2.75) is 33.4 Å². The normalized spacial score (nSPS) is 12.1. The molecule has 0 saturated carbocycles. The maximum atomic E-state index is 12.7. The van der Waals surface area contributed by atoms with E-state index in [9.17, 15) is 14.4 Å². The Morgan fingerprint density at radius 1 is 1.14 bits per heavy atom. The van der Waals surface area contributed by atoms with Crippen LogP contribution in [0.4, 0.5) is 5.69 Å². The minimum atomic E-state index is -0.441. The van der Waals surface area contributed by atoms with Gasteiger partial charge in [-0.3, -0.25) is 19.3 Å². The lowest BCUT2D eigenvalue weighted by molar-refractivity contribution is -0.120. The lowest BCUT2D eigenvalue weighted by atomic mass is 10.1. The number of carbonyl (C=O) groups is 2. The van der Waals surface area contributed by atoms with Crippen molar-refractivity contribution in [3.05, 3.63) is 70.3 Å². The van der Waals surface area contributed by atoms with Gasteiger partial charge in [-0.05, 0) is 56.8 Å². The van der Waals surface area contributed by atoms with Gasteiger partial charge in [-0.1, -0.05) is 19.1 Å². The Balaban J connectivity index is 1.72. The molecule has 150 valence electrons. The number of hydrogen-bond donors (Lipinski definition) is 2. The van der Waals surface area contributed by atoms with E-state index in [4.69, 9.17) is 0 Å². The molecule has 0 aliphatic carbocycles. The van der Waals surface area contributed by atoms with Crippen LogP contribution in [0.15, 0.2) is 53.3 Å². The number of ketones is 1. The first kappa shape index (κ1) is 20.4. The number of aromatic nitrogens is 2. The number of H-pyrrole nitrogens is 1. The van der Waals surface area contributed by atoms with Crippen LogP contribution in [0.5, 0.6) is 0 Å². The summed E-state index contributed by atoms with van der Waals surface area (Å²) in [5.41, 5.74) is 1.66. The number of fused-ring (bicyclic) bond motifs is 1. The number of hydrogen-bond acceptors (Lipinski definition) is 5. The molecule has 7 heteroatoms. The molecule has 0 radical (unpaired) electrons. The number of nitrogens with one attached hydrogen (secondary N) is 2. The Labute approximate surface area is 168 Å². The summed E-state index contributed by atoms with van der Waals surface area (Å²) in [6.45, 7) is 6.20. The van der Waals surface area contributed by atoms with Crippen LogP contribution in [0, 0.1) is 0 Å². The summed E-state index contributed by atoms with van der Waals surface area (Å²) in [5.74, 6) is 0.317. The van der Waals surface area contributed by atoms with Gasteiger partial charge in [-0.25, -0.2) is 4.98 Å². The molecule has 7 nitrogen and oxygen atoms in total. The number of Topliss-reactive ketones (excluding diaryl/α,β-unsaturated/α-hetero) is 1. The van der Waals surface area contributed by atoms with Gasteiger partial charge >= 0.3 is 0 Å². The standard InChI is InChI=1S/C22H24N4O3/c1-4-26(13-20-24-19-8-6-5-7-18(19)22(29)25-20)14(2)21(28)23-17-11-9-16(10-12-17)15(3)27/h5-12,14H,4,13H2,1-3H3,(H,23,28)(H,24,25,29). The van der Waals surface area contributed by atoms with Gasteiger partial charge in [0.15, 0.2) is 5.78 Å². The molecular formula is C22H24N4O3. The van der Waals surface area contributed by atoms with Crippen LogP contribution in [0.25, 0.3) is 10.9 Å². The van der Waals surface area contributed by atoms with Gasteiger partial charge in [0, 0.05) is 11.3 Å². The molecule has 0 bridgehead atoms. The van der Waals surface area contributed by atoms with Crippen molar-refractivity contribution in [3.63, 3.8) is 0 Å². The first-order valence-electron chi connectivity index (χ1n) is 9.53. The summed E-state index contributed by atoms with van der Waals surface area (Å²) in [6, 6.07) is 13.5. The third kappa shape index (κ3) is 4.75. The molecular weight excluding hydrogens is 368 g/mol. The fourth-order valence-corrected chi connectivity index (χ4v) is 3.13. The van der Waals surface area contributed by atoms with E-state index in [0.29, 0.717) is 41.1 Å². The smallest absolute Gasteiger partial charge is 0.258 e. The number of para-hydroxylation sites is 1. The predicted molar refractivity (Wildman–Crippen MR) is 113 cm³/mol. The summed E-state index contributed by atoms with van der Waals surface area (Å²) >= 11 is 0. The van der Waals surface area contributed by atoms with Gasteiger partial charge in [0.2, 0.25) is 5.91 Å². The highest BCUT2D eigenvalue weighted by Gasteiger charge is 2.21. The van der Waals surface area contributed by atoms with Crippen LogP contribution in [0.1, 0.15) is 37.0 Å². The van der Waals surface area contributed by atoms with Crippen molar-refractivity contribution in [2.75, 3.05) is 11.9 Å². The number of amides is 1. The van der Waals surface area contributed by atoms with Gasteiger partial charge in [-0.15, -0.1) is 0 Å². The summed E-state index contributed by atoms with van der Waals surface area (Å²) in [4.78, 5) is 45.6. The van der Waals surface area contributed by atoms with Crippen LogP contribution in [-0.4, -0.2) is 39.1 Å². The number of rotatable bonds is 7. The molecule has 1 atom stereocenters. The highest BCUT2D eigenvalue weighted by atomic mass is 16.2. The van der Waals surface area contributed by atoms with Crippen molar-refractivity contribution in [3.8, 4) is 0 Å². The molecule has 1 heterocycles. The second-order valence-electron chi connectivity index (χ2n) is 6.89. The van der Waals surface area contributed by atoms with E-state index in [-0.39, 0.29) is 17.2 Å². The molecule has 1 aromatic heterocycles. The molecule has 0 saturated heterocycles. The Bertz CT molecular complexity index is 1090. The number of nitrogens with zero attached hydrogens (tertiary/aromatic N) is 2. The average Bonchev–Trinajstić information content (AvgIpc) is 2.72. The molecule has 0 fully saturated rings. The van der Waals surface area contributed by atoms with Crippen molar-refractivity contribution >= 4 is 28.3 Å². The van der Waals surface area contributed by atoms with E-state index in [0.717, 1.165) is 0 Å². The van der Waals surface area contributed by atoms with E-state index in [1.165, 1.54) is 6.92 Å². The van der Waals surface area contributed by atoms with Crippen LogP contribution in [0.2, 0.25) is 0 Å². The van der Waals surface area contributed by atoms with E-state index in [1.54, 1.807) is 42.5 Å². The molecule has 0 spiro atoms. The monoisotopic (exact) mass is 392 g/mol. The van der Waals surface area contributed by atoms with Gasteiger partial charge in [0.25, 0.3) is 5.56 Å². The SMILES string of the molecule is CCN(Cc1nc2ccccc2c(=O)[nH]1)C(C)C(=O)Nc1ccc(C(C)=O)cc1. The summed E-state index contributed by atoms with van der Waals surface area (Å²) in [6.07, 6.45) is 0. The number of aromatic amines is 1.